The van der Waals surface area contributed by atoms with E-state index in [-0.39, 0.29) is 5.75 Å². The number of rotatable bonds is 3. The van der Waals surface area contributed by atoms with Crippen molar-refractivity contribution in [2.45, 2.75) is 0 Å². The molecule has 2 aromatic carbocycles. The fourth-order valence-corrected chi connectivity index (χ4v) is 1.44. The van der Waals surface area contributed by atoms with Crippen molar-refractivity contribution in [1.82, 2.24) is 0 Å². The lowest BCUT2D eigenvalue weighted by Gasteiger charge is -2.05. The molecule has 0 amide bonds. The second kappa shape index (κ2) is 5.30. The Kier molecular flexibility index (Phi) is 3.77. The standard InChI is InChI=1S/C13H8Cl2O2/c14-10-2-4-11(5-3-10)17-8-9-1-6-12(15)13(16)7-9/h1-7,16H. The molecule has 0 aliphatic rings. The summed E-state index contributed by atoms with van der Waals surface area (Å²) in [6.07, 6.45) is 0. The Balaban J connectivity index is 2.02. The summed E-state index contributed by atoms with van der Waals surface area (Å²) in [5, 5.41) is 10.3. The Hall–Kier alpha value is -1.38. The topological polar surface area (TPSA) is 29.5 Å². The lowest BCUT2D eigenvalue weighted by Crippen LogP contribution is -1.91. The van der Waals surface area contributed by atoms with Crippen molar-refractivity contribution in [1.29, 1.82) is 0 Å². The van der Waals surface area contributed by atoms with Gasteiger partial charge in [-0.3, -0.25) is 0 Å². The van der Waals surface area contributed by atoms with Gasteiger partial charge < -0.3 is 9.84 Å². The zero-order chi connectivity index (χ0) is 12.3. The fourth-order valence-electron chi connectivity index (χ4n) is 1.20. The zero-order valence-corrected chi connectivity index (χ0v) is 10.2. The molecule has 0 aliphatic heterocycles. The molecule has 2 nitrogen and oxygen atoms in total. The molecular weight excluding hydrogens is 259 g/mol. The van der Waals surface area contributed by atoms with Gasteiger partial charge >= 0.3 is 0 Å². The van der Waals surface area contributed by atoms with Crippen LogP contribution < -0.4 is 4.74 Å². The van der Waals surface area contributed by atoms with E-state index in [9.17, 15) is 5.11 Å². The highest BCUT2D eigenvalue weighted by molar-refractivity contribution is 6.32. The van der Waals surface area contributed by atoms with Gasteiger partial charge in [-0.1, -0.05) is 29.3 Å². The zero-order valence-electron chi connectivity index (χ0n) is 8.65. The molecule has 1 N–H and O–H groups in total. The van der Waals surface area contributed by atoms with Gasteiger partial charge in [0, 0.05) is 10.6 Å². The van der Waals surface area contributed by atoms with Gasteiger partial charge in [-0.2, -0.15) is 0 Å². The summed E-state index contributed by atoms with van der Waals surface area (Å²) in [7, 11) is 0. The molecule has 2 radical (unpaired) electrons. The van der Waals surface area contributed by atoms with Gasteiger partial charge in [0.1, 0.15) is 11.5 Å². The molecule has 0 spiro atoms. The van der Waals surface area contributed by atoms with Gasteiger partial charge in [0.15, 0.2) is 0 Å². The average molecular weight is 267 g/mol. The number of aromatic hydroxyl groups is 1. The minimum atomic E-state index is -0.00336. The maximum atomic E-state index is 9.39. The van der Waals surface area contributed by atoms with E-state index in [0.717, 1.165) is 0 Å². The Morgan fingerprint density at radius 3 is 2.35 bits per heavy atom. The Morgan fingerprint density at radius 1 is 1.00 bits per heavy atom. The molecule has 0 saturated carbocycles. The maximum Gasteiger partial charge on any atom is 0.230 e. The van der Waals surface area contributed by atoms with Crippen LogP contribution in [0, 0.1) is 6.61 Å². The van der Waals surface area contributed by atoms with Crippen molar-refractivity contribution in [3.8, 4) is 11.5 Å². The molecule has 0 aliphatic carbocycles. The number of halogens is 2. The van der Waals surface area contributed by atoms with Gasteiger partial charge in [-0.05, 0) is 36.4 Å². The molecule has 0 bridgehead atoms. The van der Waals surface area contributed by atoms with E-state index in [1.165, 1.54) is 6.07 Å². The number of phenolic OH excluding ortho intramolecular Hbond substituents is 1. The van der Waals surface area contributed by atoms with Crippen LogP contribution in [-0.4, -0.2) is 5.11 Å². The second-order valence-electron chi connectivity index (χ2n) is 3.32. The van der Waals surface area contributed by atoms with E-state index in [2.05, 4.69) is 6.61 Å². The third-order valence-electron chi connectivity index (χ3n) is 2.05. The maximum absolute atomic E-state index is 9.39. The molecule has 0 unspecified atom stereocenters. The van der Waals surface area contributed by atoms with Crippen LogP contribution >= 0.6 is 23.2 Å². The van der Waals surface area contributed by atoms with Crippen molar-refractivity contribution in [2.75, 3.05) is 0 Å². The monoisotopic (exact) mass is 266 g/mol. The molecule has 0 saturated heterocycles. The summed E-state index contributed by atoms with van der Waals surface area (Å²) in [6, 6.07) is 11.6. The lowest BCUT2D eigenvalue weighted by atomic mass is 10.2. The van der Waals surface area contributed by atoms with Crippen molar-refractivity contribution in [3.05, 3.63) is 64.7 Å². The number of hydrogen-bond donors (Lipinski definition) is 1. The first-order chi connectivity index (χ1) is 8.15. The summed E-state index contributed by atoms with van der Waals surface area (Å²) < 4.78 is 5.28. The molecule has 0 atom stereocenters. The van der Waals surface area contributed by atoms with Crippen LogP contribution in [0.3, 0.4) is 0 Å². The van der Waals surface area contributed by atoms with E-state index < -0.39 is 0 Å². The molecule has 0 fully saturated rings. The Labute approximate surface area is 109 Å². The molecule has 17 heavy (non-hydrogen) atoms. The lowest BCUT2D eigenvalue weighted by molar-refractivity contribution is 0.426. The molecule has 86 valence electrons. The molecule has 2 rings (SSSR count). The third-order valence-corrected chi connectivity index (χ3v) is 2.62. The predicted octanol–water partition coefficient (Wildman–Crippen LogP) is 4.16. The van der Waals surface area contributed by atoms with E-state index in [0.29, 0.717) is 21.4 Å². The van der Waals surface area contributed by atoms with Gasteiger partial charge in [0.25, 0.3) is 0 Å². The van der Waals surface area contributed by atoms with Gasteiger partial charge in [-0.15, -0.1) is 0 Å². The smallest absolute Gasteiger partial charge is 0.230 e. The minimum absolute atomic E-state index is 0.00336. The summed E-state index contributed by atoms with van der Waals surface area (Å²) in [4.78, 5) is 0. The van der Waals surface area contributed by atoms with Crippen molar-refractivity contribution in [3.63, 3.8) is 0 Å². The van der Waals surface area contributed by atoms with Crippen LogP contribution in [0.2, 0.25) is 10.0 Å². The molecular formula is C13H8Cl2O2. The molecule has 0 heterocycles. The normalized spacial score (nSPS) is 10.2. The Bertz CT molecular complexity index is 509. The van der Waals surface area contributed by atoms with E-state index in [4.69, 9.17) is 27.9 Å². The fraction of sp³-hybridized carbons (Fsp3) is 0. The summed E-state index contributed by atoms with van der Waals surface area (Å²) in [5.74, 6) is 0.611. The number of hydrogen-bond acceptors (Lipinski definition) is 2. The van der Waals surface area contributed by atoms with Crippen LogP contribution in [0.1, 0.15) is 5.56 Å². The van der Waals surface area contributed by atoms with Crippen LogP contribution in [0.15, 0.2) is 42.5 Å². The summed E-state index contributed by atoms with van der Waals surface area (Å²) in [5.41, 5.74) is 0.599. The second-order valence-corrected chi connectivity index (χ2v) is 4.17. The quantitative estimate of drug-likeness (QED) is 0.904. The van der Waals surface area contributed by atoms with E-state index >= 15 is 0 Å². The molecule has 4 heteroatoms. The van der Waals surface area contributed by atoms with Crippen LogP contribution in [0.5, 0.6) is 11.5 Å². The van der Waals surface area contributed by atoms with Crippen molar-refractivity contribution >= 4 is 23.2 Å². The predicted molar refractivity (Wildman–Crippen MR) is 67.5 cm³/mol. The minimum Gasteiger partial charge on any atom is -0.506 e. The molecule has 0 aromatic heterocycles. The van der Waals surface area contributed by atoms with Crippen LogP contribution in [0.4, 0.5) is 0 Å². The first kappa shape index (κ1) is 12.1. The third kappa shape index (κ3) is 3.29. The van der Waals surface area contributed by atoms with Gasteiger partial charge in [0.05, 0.1) is 5.02 Å². The van der Waals surface area contributed by atoms with Gasteiger partial charge in [-0.25, -0.2) is 0 Å². The summed E-state index contributed by atoms with van der Waals surface area (Å²) in [6.45, 7) is 2.69. The van der Waals surface area contributed by atoms with Crippen molar-refractivity contribution in [2.24, 2.45) is 0 Å². The molecule has 2 aromatic rings. The SMILES string of the molecule is Oc1cc([C]Oc2ccc(Cl)cc2)ccc1Cl. The Morgan fingerprint density at radius 2 is 1.71 bits per heavy atom. The van der Waals surface area contributed by atoms with Crippen molar-refractivity contribution < 1.29 is 9.84 Å². The van der Waals surface area contributed by atoms with Crippen LogP contribution in [-0.2, 0) is 0 Å². The van der Waals surface area contributed by atoms with Gasteiger partial charge in [0.2, 0.25) is 6.61 Å². The van der Waals surface area contributed by atoms with Crippen LogP contribution in [0.25, 0.3) is 0 Å². The average Bonchev–Trinajstić information content (AvgIpc) is 2.33. The highest BCUT2D eigenvalue weighted by atomic mass is 35.5. The number of ether oxygens (including phenoxy) is 1. The van der Waals surface area contributed by atoms with E-state index in [1.54, 1.807) is 36.4 Å². The number of benzene rings is 2. The first-order valence-electron chi connectivity index (χ1n) is 4.82. The summed E-state index contributed by atoms with van der Waals surface area (Å²) >= 11 is 11.4. The van der Waals surface area contributed by atoms with E-state index in [1.807, 2.05) is 0 Å². The number of phenols is 1. The highest BCUT2D eigenvalue weighted by Crippen LogP contribution is 2.25. The highest BCUT2D eigenvalue weighted by Gasteiger charge is 2.03. The first-order valence-corrected chi connectivity index (χ1v) is 5.58. The largest absolute Gasteiger partial charge is 0.506 e.